The second kappa shape index (κ2) is 10.8. The van der Waals surface area contributed by atoms with E-state index in [9.17, 15) is 4.39 Å². The Bertz CT molecular complexity index is 756. The molecule has 9 heteroatoms. The zero-order chi connectivity index (χ0) is 19.2. The number of nitrogens with zero attached hydrogens (tertiary/aromatic N) is 5. The van der Waals surface area contributed by atoms with E-state index in [-0.39, 0.29) is 29.8 Å². The molecule has 2 heterocycles. The molecule has 0 unspecified atom stereocenters. The van der Waals surface area contributed by atoms with E-state index in [1.54, 1.807) is 11.3 Å². The van der Waals surface area contributed by atoms with Gasteiger partial charge in [0.25, 0.3) is 0 Å². The van der Waals surface area contributed by atoms with E-state index in [1.807, 2.05) is 31.1 Å². The Hall–Kier alpha value is -1.62. The van der Waals surface area contributed by atoms with Crippen LogP contribution in [0.3, 0.4) is 0 Å². The minimum atomic E-state index is -0.196. The fraction of sp³-hybridized carbons (Fsp3) is 0.474. The third-order valence-corrected chi connectivity index (χ3v) is 5.48. The summed E-state index contributed by atoms with van der Waals surface area (Å²) in [5.74, 6) is 0.731. The van der Waals surface area contributed by atoms with Crippen LogP contribution in [0.2, 0.25) is 0 Å². The van der Waals surface area contributed by atoms with E-state index in [1.165, 1.54) is 12.1 Å². The zero-order valence-corrected chi connectivity index (χ0v) is 19.7. The highest BCUT2D eigenvalue weighted by atomic mass is 127. The van der Waals surface area contributed by atoms with E-state index >= 15 is 0 Å². The Balaban J connectivity index is 0.00000280. The summed E-state index contributed by atoms with van der Waals surface area (Å²) in [7, 11) is 3.99. The van der Waals surface area contributed by atoms with Gasteiger partial charge in [0.15, 0.2) is 11.1 Å². The summed E-state index contributed by atoms with van der Waals surface area (Å²) in [6, 6.07) is 6.72. The molecule has 0 aliphatic carbocycles. The van der Waals surface area contributed by atoms with Crippen LogP contribution < -0.4 is 15.1 Å². The van der Waals surface area contributed by atoms with Crippen molar-refractivity contribution in [3.63, 3.8) is 0 Å². The maximum Gasteiger partial charge on any atom is 0.194 e. The number of piperazine rings is 1. The van der Waals surface area contributed by atoms with E-state index in [0.717, 1.165) is 55.2 Å². The summed E-state index contributed by atoms with van der Waals surface area (Å²) in [4.78, 5) is 15.9. The van der Waals surface area contributed by atoms with Crippen molar-refractivity contribution >= 4 is 52.1 Å². The second-order valence-electron chi connectivity index (χ2n) is 6.64. The third kappa shape index (κ3) is 5.94. The number of nitrogens with one attached hydrogen (secondary N) is 1. The fourth-order valence-corrected chi connectivity index (χ4v) is 3.73. The lowest BCUT2D eigenvalue weighted by atomic mass is 10.2. The summed E-state index contributed by atoms with van der Waals surface area (Å²) in [5, 5.41) is 6.45. The quantitative estimate of drug-likeness (QED) is 0.374. The molecular weight excluding hydrogens is 490 g/mol. The minimum Gasteiger partial charge on any atom is -0.368 e. The van der Waals surface area contributed by atoms with Crippen molar-refractivity contribution in [3.05, 3.63) is 41.2 Å². The number of guanidine groups is 1. The van der Waals surface area contributed by atoms with E-state index in [2.05, 4.69) is 32.4 Å². The first-order valence-corrected chi connectivity index (χ1v) is 10.1. The number of anilines is 2. The highest BCUT2D eigenvalue weighted by Crippen LogP contribution is 2.19. The fourth-order valence-electron chi connectivity index (χ4n) is 2.98. The maximum atomic E-state index is 13.1. The van der Waals surface area contributed by atoms with Crippen LogP contribution in [-0.4, -0.2) is 62.7 Å². The summed E-state index contributed by atoms with van der Waals surface area (Å²) in [6.45, 7) is 7.01. The molecule has 0 spiro atoms. The first-order valence-electron chi connectivity index (χ1n) is 9.22. The summed E-state index contributed by atoms with van der Waals surface area (Å²) in [6.07, 6.45) is 0. The smallest absolute Gasteiger partial charge is 0.194 e. The van der Waals surface area contributed by atoms with E-state index in [0.29, 0.717) is 6.54 Å². The molecule has 0 atom stereocenters. The molecule has 0 radical (unpaired) electrons. The number of hydrogen-bond acceptors (Lipinski definition) is 5. The predicted molar refractivity (Wildman–Crippen MR) is 127 cm³/mol. The van der Waals surface area contributed by atoms with Crippen LogP contribution in [0, 0.1) is 5.82 Å². The van der Waals surface area contributed by atoms with E-state index in [4.69, 9.17) is 4.99 Å². The van der Waals surface area contributed by atoms with Gasteiger partial charge in [0, 0.05) is 57.9 Å². The molecule has 1 N–H and O–H groups in total. The normalized spacial score (nSPS) is 14.6. The van der Waals surface area contributed by atoms with Crippen LogP contribution in [0.25, 0.3) is 0 Å². The van der Waals surface area contributed by atoms with Gasteiger partial charge in [0.05, 0.1) is 12.2 Å². The molecule has 0 amide bonds. The number of rotatable bonds is 5. The van der Waals surface area contributed by atoms with Gasteiger partial charge in [-0.25, -0.2) is 14.4 Å². The van der Waals surface area contributed by atoms with E-state index < -0.39 is 0 Å². The standard InChI is InChI=1S/C19H27FN6S.HI/c1-4-21-18(22-13-16-14-27-19(23-16)24(2)3)26-11-9-25(10-12-26)17-7-5-15(20)6-8-17;/h5-8,14H,4,9-13H2,1-3H3,(H,21,22);1H. The van der Waals surface area contributed by atoms with Gasteiger partial charge in [-0.2, -0.15) is 0 Å². The number of hydrogen-bond donors (Lipinski definition) is 1. The number of thiazole rings is 1. The van der Waals surface area contributed by atoms with Crippen LogP contribution in [-0.2, 0) is 6.54 Å². The van der Waals surface area contributed by atoms with Crippen molar-refractivity contribution in [2.24, 2.45) is 4.99 Å². The average Bonchev–Trinajstić information content (AvgIpc) is 3.15. The van der Waals surface area contributed by atoms with Crippen molar-refractivity contribution in [3.8, 4) is 0 Å². The number of aromatic nitrogens is 1. The molecular formula is C19H28FIN6S. The predicted octanol–water partition coefficient (Wildman–Crippen LogP) is 3.25. The molecule has 1 saturated heterocycles. The zero-order valence-electron chi connectivity index (χ0n) is 16.6. The summed E-state index contributed by atoms with van der Waals surface area (Å²) in [5.41, 5.74) is 2.06. The molecule has 0 saturated carbocycles. The average molecular weight is 518 g/mol. The van der Waals surface area contributed by atoms with Gasteiger partial charge in [-0.15, -0.1) is 35.3 Å². The van der Waals surface area contributed by atoms with Crippen molar-refractivity contribution in [1.29, 1.82) is 0 Å². The molecule has 1 aliphatic heterocycles. The van der Waals surface area contributed by atoms with Crippen LogP contribution in [0.5, 0.6) is 0 Å². The summed E-state index contributed by atoms with van der Waals surface area (Å²) < 4.78 is 13.1. The van der Waals surface area contributed by atoms with Crippen molar-refractivity contribution in [1.82, 2.24) is 15.2 Å². The van der Waals surface area contributed by atoms with Gasteiger partial charge in [0.1, 0.15) is 5.82 Å². The molecule has 3 rings (SSSR count). The number of halogens is 2. The molecule has 1 aliphatic rings. The first kappa shape index (κ1) is 22.7. The Morgan fingerprint density at radius 1 is 1.21 bits per heavy atom. The highest BCUT2D eigenvalue weighted by Gasteiger charge is 2.20. The largest absolute Gasteiger partial charge is 0.368 e. The monoisotopic (exact) mass is 518 g/mol. The van der Waals surface area contributed by atoms with Crippen molar-refractivity contribution in [2.45, 2.75) is 13.5 Å². The van der Waals surface area contributed by atoms with Gasteiger partial charge >= 0.3 is 0 Å². The molecule has 1 fully saturated rings. The number of benzene rings is 1. The van der Waals surface area contributed by atoms with Crippen LogP contribution >= 0.6 is 35.3 Å². The minimum absolute atomic E-state index is 0. The SMILES string of the molecule is CCNC(=NCc1csc(N(C)C)n1)N1CCN(c2ccc(F)cc2)CC1.I. The van der Waals surface area contributed by atoms with Crippen LogP contribution in [0.4, 0.5) is 15.2 Å². The lowest BCUT2D eigenvalue weighted by Gasteiger charge is -2.37. The van der Waals surface area contributed by atoms with Gasteiger partial charge in [-0.3, -0.25) is 0 Å². The van der Waals surface area contributed by atoms with Crippen molar-refractivity contribution < 1.29 is 4.39 Å². The maximum absolute atomic E-state index is 13.1. The first-order chi connectivity index (χ1) is 13.1. The molecule has 6 nitrogen and oxygen atoms in total. The van der Waals surface area contributed by atoms with Gasteiger partial charge in [-0.05, 0) is 31.2 Å². The van der Waals surface area contributed by atoms with Crippen molar-refractivity contribution in [2.75, 3.05) is 56.6 Å². The van der Waals surface area contributed by atoms with Gasteiger partial charge < -0.3 is 20.0 Å². The molecule has 1 aromatic heterocycles. The molecule has 2 aromatic rings. The van der Waals surface area contributed by atoms with Crippen LogP contribution in [0.1, 0.15) is 12.6 Å². The topological polar surface area (TPSA) is 47.0 Å². The second-order valence-corrected chi connectivity index (χ2v) is 7.47. The summed E-state index contributed by atoms with van der Waals surface area (Å²) >= 11 is 1.64. The van der Waals surface area contributed by atoms with Gasteiger partial charge in [-0.1, -0.05) is 0 Å². The third-order valence-electron chi connectivity index (χ3n) is 4.42. The Labute approximate surface area is 187 Å². The Morgan fingerprint density at radius 3 is 2.46 bits per heavy atom. The molecule has 0 bridgehead atoms. The van der Waals surface area contributed by atoms with Crippen LogP contribution in [0.15, 0.2) is 34.6 Å². The highest BCUT2D eigenvalue weighted by molar-refractivity contribution is 14.0. The number of aliphatic imine (C=N–C) groups is 1. The molecule has 154 valence electrons. The van der Waals surface area contributed by atoms with Gasteiger partial charge in [0.2, 0.25) is 0 Å². The lowest BCUT2D eigenvalue weighted by molar-refractivity contribution is 0.372. The lowest BCUT2D eigenvalue weighted by Crippen LogP contribution is -2.52. The molecule has 28 heavy (non-hydrogen) atoms. The Kier molecular flexibility index (Phi) is 8.74. The molecule has 1 aromatic carbocycles. The Morgan fingerprint density at radius 2 is 1.89 bits per heavy atom.